The highest BCUT2D eigenvalue weighted by Gasteiger charge is 2.34. The third kappa shape index (κ3) is 3.72. The van der Waals surface area contributed by atoms with E-state index in [1.165, 1.54) is 6.07 Å². The van der Waals surface area contributed by atoms with Crippen LogP contribution in [0.5, 0.6) is 0 Å². The maximum absolute atomic E-state index is 12.7. The average molecular weight is 366 g/mol. The number of carboxylic acid groups (broad SMARTS) is 1. The zero-order valence-corrected chi connectivity index (χ0v) is 14.8. The van der Waals surface area contributed by atoms with E-state index in [1.807, 2.05) is 13.8 Å². The minimum atomic E-state index is -1.09. The van der Waals surface area contributed by atoms with Gasteiger partial charge in [-0.1, -0.05) is 50.2 Å². The Morgan fingerprint density at radius 3 is 2.15 bits per heavy atom. The zero-order valence-electron chi connectivity index (χ0n) is 14.8. The summed E-state index contributed by atoms with van der Waals surface area (Å²) in [7, 11) is 0. The van der Waals surface area contributed by atoms with Crippen molar-refractivity contribution in [1.82, 2.24) is 5.32 Å². The van der Waals surface area contributed by atoms with Crippen molar-refractivity contribution in [2.75, 3.05) is 0 Å². The number of nitrogens with zero attached hydrogens (tertiary/aromatic N) is 1. The maximum atomic E-state index is 12.7. The zero-order chi connectivity index (χ0) is 19.6. The Morgan fingerprint density at radius 1 is 1.04 bits per heavy atom. The summed E-state index contributed by atoms with van der Waals surface area (Å²) in [5.74, 6) is -2.14. The summed E-state index contributed by atoms with van der Waals surface area (Å²) in [6.07, 6.45) is -0.695. The Morgan fingerprint density at radius 2 is 1.59 bits per heavy atom. The number of carbonyl (C=O) groups excluding carboxylic acids is 2. The molecule has 7 nitrogen and oxygen atoms in total. The molecule has 2 aromatic carbocycles. The van der Waals surface area contributed by atoms with E-state index in [0.29, 0.717) is 11.1 Å². The van der Waals surface area contributed by atoms with Gasteiger partial charge in [0.15, 0.2) is 6.10 Å². The molecule has 1 saturated heterocycles. The van der Waals surface area contributed by atoms with Crippen molar-refractivity contribution < 1.29 is 24.2 Å². The van der Waals surface area contributed by atoms with Gasteiger partial charge in [-0.25, -0.2) is 4.79 Å². The third-order valence-corrected chi connectivity index (χ3v) is 4.14. The Balaban J connectivity index is 1.98. The van der Waals surface area contributed by atoms with E-state index in [2.05, 4.69) is 10.3 Å². The summed E-state index contributed by atoms with van der Waals surface area (Å²) in [5, 5.41) is 11.9. The second-order valence-corrected chi connectivity index (χ2v) is 6.39. The van der Waals surface area contributed by atoms with Crippen LogP contribution < -0.4 is 5.32 Å². The minimum absolute atomic E-state index is 0.0671. The van der Waals surface area contributed by atoms with Gasteiger partial charge >= 0.3 is 12.0 Å². The fourth-order valence-corrected chi connectivity index (χ4v) is 2.83. The standard InChI is InChI=1S/C20H18N2O5/c1-11(2)16-18(24)22-20(27-16)21-17(23)14-9-5-3-7-12(14)13-8-4-6-10-15(13)19(25)26/h3-11,16H,1-2H3,(H,25,26)(H,21,22,23,24)/t16-/m0/s1. The SMILES string of the molecule is CC(C)[C@@H]1OC(=NC(=O)c2ccccc2-c2ccccc2C(=O)O)NC1=O. The number of ether oxygens (including phenoxy) is 1. The number of carbonyl (C=O) groups is 3. The number of aliphatic imine (C=N–C) groups is 1. The normalized spacial score (nSPS) is 17.7. The van der Waals surface area contributed by atoms with Crippen LogP contribution in [-0.2, 0) is 9.53 Å². The number of nitrogens with one attached hydrogen (secondary N) is 1. The monoisotopic (exact) mass is 366 g/mol. The molecule has 0 spiro atoms. The predicted octanol–water partition coefficient (Wildman–Crippen LogP) is 2.72. The Kier molecular flexibility index (Phi) is 5.03. The maximum Gasteiger partial charge on any atom is 0.336 e. The van der Waals surface area contributed by atoms with Gasteiger partial charge in [0.05, 0.1) is 5.56 Å². The summed E-state index contributed by atoms with van der Waals surface area (Å²) in [4.78, 5) is 39.9. The Labute approximate surface area is 155 Å². The lowest BCUT2D eigenvalue weighted by Gasteiger charge is -2.11. The number of rotatable bonds is 4. The van der Waals surface area contributed by atoms with Gasteiger partial charge in [-0.2, -0.15) is 4.99 Å². The van der Waals surface area contributed by atoms with Crippen LogP contribution in [0.4, 0.5) is 0 Å². The molecule has 0 aromatic heterocycles. The summed E-state index contributed by atoms with van der Waals surface area (Å²) >= 11 is 0. The number of hydrogen-bond acceptors (Lipinski definition) is 4. The summed E-state index contributed by atoms with van der Waals surface area (Å²) < 4.78 is 5.41. The molecule has 0 aliphatic carbocycles. The highest BCUT2D eigenvalue weighted by molar-refractivity contribution is 6.11. The smallest absolute Gasteiger partial charge is 0.336 e. The van der Waals surface area contributed by atoms with Gasteiger partial charge in [0, 0.05) is 5.56 Å². The number of hydrogen-bond donors (Lipinski definition) is 2. The van der Waals surface area contributed by atoms with Gasteiger partial charge in [0.25, 0.3) is 11.8 Å². The average Bonchev–Trinajstić information content (AvgIpc) is 3.02. The van der Waals surface area contributed by atoms with E-state index in [4.69, 9.17) is 4.74 Å². The van der Waals surface area contributed by atoms with Crippen LogP contribution in [0, 0.1) is 5.92 Å². The lowest BCUT2D eigenvalue weighted by molar-refractivity contribution is -0.124. The first-order chi connectivity index (χ1) is 12.9. The first-order valence-electron chi connectivity index (χ1n) is 8.40. The van der Waals surface area contributed by atoms with Crippen molar-refractivity contribution in [2.45, 2.75) is 20.0 Å². The van der Waals surface area contributed by atoms with E-state index in [1.54, 1.807) is 42.5 Å². The molecule has 1 fully saturated rings. The molecule has 1 aliphatic heterocycles. The molecular formula is C20H18N2O5. The van der Waals surface area contributed by atoms with Gasteiger partial charge in [-0.05, 0) is 29.2 Å². The van der Waals surface area contributed by atoms with Crippen LogP contribution in [0.1, 0.15) is 34.6 Å². The molecule has 0 saturated carbocycles. The van der Waals surface area contributed by atoms with Crippen LogP contribution in [0.2, 0.25) is 0 Å². The highest BCUT2D eigenvalue weighted by Crippen LogP contribution is 2.28. The number of aromatic carboxylic acids is 1. The van der Waals surface area contributed by atoms with Gasteiger partial charge in [-0.15, -0.1) is 0 Å². The Bertz CT molecular complexity index is 949. The fourth-order valence-electron chi connectivity index (χ4n) is 2.83. The van der Waals surface area contributed by atoms with Crippen LogP contribution in [0.3, 0.4) is 0 Å². The lowest BCUT2D eigenvalue weighted by Crippen LogP contribution is -2.28. The second-order valence-electron chi connectivity index (χ2n) is 6.39. The van der Waals surface area contributed by atoms with Gasteiger partial charge in [0.1, 0.15) is 0 Å². The van der Waals surface area contributed by atoms with Crippen molar-refractivity contribution >= 4 is 23.8 Å². The van der Waals surface area contributed by atoms with Crippen LogP contribution in [0.25, 0.3) is 11.1 Å². The minimum Gasteiger partial charge on any atom is -0.478 e. The van der Waals surface area contributed by atoms with Gasteiger partial charge < -0.3 is 9.84 Å². The molecule has 2 amide bonds. The molecule has 0 radical (unpaired) electrons. The fraction of sp³-hybridized carbons (Fsp3) is 0.200. The first-order valence-corrected chi connectivity index (χ1v) is 8.40. The van der Waals surface area contributed by atoms with Crippen molar-refractivity contribution in [3.05, 3.63) is 59.7 Å². The van der Waals surface area contributed by atoms with Gasteiger partial charge in [0.2, 0.25) is 0 Å². The van der Waals surface area contributed by atoms with Crippen molar-refractivity contribution in [1.29, 1.82) is 0 Å². The molecule has 2 aromatic rings. The molecule has 3 rings (SSSR count). The third-order valence-electron chi connectivity index (χ3n) is 4.14. The van der Waals surface area contributed by atoms with Crippen LogP contribution in [0.15, 0.2) is 53.5 Å². The molecule has 1 heterocycles. The molecule has 138 valence electrons. The van der Waals surface area contributed by atoms with E-state index in [-0.39, 0.29) is 29.0 Å². The molecule has 0 bridgehead atoms. The number of benzene rings is 2. The molecular weight excluding hydrogens is 348 g/mol. The summed E-state index contributed by atoms with van der Waals surface area (Å²) in [6.45, 7) is 3.65. The largest absolute Gasteiger partial charge is 0.478 e. The molecule has 0 unspecified atom stereocenters. The summed E-state index contributed by atoms with van der Waals surface area (Å²) in [5.41, 5.74) is 1.14. The van der Waals surface area contributed by atoms with Crippen molar-refractivity contribution in [3.63, 3.8) is 0 Å². The molecule has 1 atom stereocenters. The second kappa shape index (κ2) is 7.41. The summed E-state index contributed by atoms with van der Waals surface area (Å²) in [6, 6.07) is 12.8. The topological polar surface area (TPSA) is 105 Å². The molecule has 2 N–H and O–H groups in total. The Hall–Kier alpha value is -3.48. The van der Waals surface area contributed by atoms with E-state index in [0.717, 1.165) is 0 Å². The molecule has 1 aliphatic rings. The molecule has 27 heavy (non-hydrogen) atoms. The van der Waals surface area contributed by atoms with E-state index < -0.39 is 18.0 Å². The first kappa shape index (κ1) is 18.3. The number of amides is 2. The molecule has 7 heteroatoms. The van der Waals surface area contributed by atoms with E-state index >= 15 is 0 Å². The van der Waals surface area contributed by atoms with Crippen molar-refractivity contribution in [3.8, 4) is 11.1 Å². The predicted molar refractivity (Wildman–Crippen MR) is 98.5 cm³/mol. The van der Waals surface area contributed by atoms with Crippen LogP contribution in [-0.4, -0.2) is 35.0 Å². The van der Waals surface area contributed by atoms with Crippen molar-refractivity contribution in [2.24, 2.45) is 10.9 Å². The number of carboxylic acids is 1. The lowest BCUT2D eigenvalue weighted by atomic mass is 9.95. The quantitative estimate of drug-likeness (QED) is 0.866. The van der Waals surface area contributed by atoms with E-state index in [9.17, 15) is 19.5 Å². The van der Waals surface area contributed by atoms with Crippen LogP contribution >= 0.6 is 0 Å². The highest BCUT2D eigenvalue weighted by atomic mass is 16.5. The number of amidine groups is 1. The van der Waals surface area contributed by atoms with Gasteiger partial charge in [-0.3, -0.25) is 14.9 Å².